The van der Waals surface area contributed by atoms with Crippen LogP contribution >= 0.6 is 22.6 Å². The van der Waals surface area contributed by atoms with Gasteiger partial charge in [-0.3, -0.25) is 5.32 Å². The van der Waals surface area contributed by atoms with Crippen LogP contribution in [0.15, 0.2) is 0 Å². The van der Waals surface area contributed by atoms with Crippen LogP contribution in [0.1, 0.15) is 27.7 Å². The van der Waals surface area contributed by atoms with Crippen LogP contribution in [0.5, 0.6) is 0 Å². The predicted octanol–water partition coefficient (Wildman–Crippen LogP) is 1.75. The Morgan fingerprint density at radius 2 is 1.71 bits per heavy atom. The van der Waals surface area contributed by atoms with Crippen molar-refractivity contribution in [2.24, 2.45) is 0 Å². The van der Waals surface area contributed by atoms with E-state index in [0.717, 1.165) is 0 Å². The molecule has 0 aliphatic rings. The van der Waals surface area contributed by atoms with E-state index in [0.29, 0.717) is 0 Å². The van der Waals surface area contributed by atoms with E-state index in [4.69, 9.17) is 9.84 Å². The maximum Gasteiger partial charge on any atom is 0.409 e. The van der Waals surface area contributed by atoms with Crippen LogP contribution in [-0.2, 0) is 9.53 Å². The molecule has 14 heavy (non-hydrogen) atoms. The molecule has 1 amide bonds. The minimum atomic E-state index is -1.35. The maximum atomic E-state index is 11.2. The SMILES string of the molecule is CC(C)(C)OC(=O)NC(C)(I)C(=O)O. The lowest BCUT2D eigenvalue weighted by molar-refractivity contribution is -0.139. The smallest absolute Gasteiger partial charge is 0.409 e. The Morgan fingerprint density at radius 3 is 2.00 bits per heavy atom. The highest BCUT2D eigenvalue weighted by Gasteiger charge is 2.33. The van der Waals surface area contributed by atoms with Crippen molar-refractivity contribution in [3.8, 4) is 0 Å². The summed E-state index contributed by atoms with van der Waals surface area (Å²) in [5.74, 6) is -1.12. The summed E-state index contributed by atoms with van der Waals surface area (Å²) in [5.41, 5.74) is -0.630. The number of hydrogen-bond acceptors (Lipinski definition) is 3. The summed E-state index contributed by atoms with van der Waals surface area (Å²) < 4.78 is 3.56. The lowest BCUT2D eigenvalue weighted by Crippen LogP contribution is -2.48. The Labute approximate surface area is 96.3 Å². The number of amides is 1. The Bertz CT molecular complexity index is 244. The first kappa shape index (κ1) is 13.5. The molecular formula is C8H14INO4. The molecule has 0 fully saturated rings. The van der Waals surface area contributed by atoms with Gasteiger partial charge in [0.1, 0.15) is 5.60 Å². The van der Waals surface area contributed by atoms with Gasteiger partial charge in [0.05, 0.1) is 0 Å². The number of alkyl carbamates (subject to hydrolysis) is 1. The highest BCUT2D eigenvalue weighted by atomic mass is 127. The number of carbonyl (C=O) groups excluding carboxylic acids is 1. The van der Waals surface area contributed by atoms with E-state index < -0.39 is 21.2 Å². The van der Waals surface area contributed by atoms with Gasteiger partial charge in [-0.15, -0.1) is 0 Å². The minimum absolute atomic E-state index is 0.630. The molecule has 1 atom stereocenters. The molecule has 0 spiro atoms. The second-order valence-corrected chi connectivity index (χ2v) is 6.09. The summed E-state index contributed by atoms with van der Waals surface area (Å²) in [6.07, 6.45) is -0.739. The van der Waals surface area contributed by atoms with Crippen LogP contribution in [0.2, 0.25) is 0 Å². The first-order valence-electron chi connectivity index (χ1n) is 3.98. The fraction of sp³-hybridized carbons (Fsp3) is 0.750. The predicted molar refractivity (Wildman–Crippen MR) is 59.4 cm³/mol. The largest absolute Gasteiger partial charge is 0.479 e. The van der Waals surface area contributed by atoms with Gasteiger partial charge in [-0.1, -0.05) is 0 Å². The van der Waals surface area contributed by atoms with Gasteiger partial charge in [0.2, 0.25) is 0 Å². The molecule has 6 heteroatoms. The van der Waals surface area contributed by atoms with Crippen molar-refractivity contribution in [3.05, 3.63) is 0 Å². The van der Waals surface area contributed by atoms with Crippen molar-refractivity contribution in [1.29, 1.82) is 0 Å². The maximum absolute atomic E-state index is 11.2. The number of rotatable bonds is 2. The topological polar surface area (TPSA) is 75.6 Å². The molecule has 0 aromatic heterocycles. The molecule has 0 aromatic carbocycles. The quantitative estimate of drug-likeness (QED) is 0.462. The molecule has 0 aromatic rings. The molecule has 0 radical (unpaired) electrons. The number of alkyl halides is 1. The van der Waals surface area contributed by atoms with E-state index >= 15 is 0 Å². The number of carboxylic acid groups (broad SMARTS) is 1. The molecule has 0 saturated carbocycles. The highest BCUT2D eigenvalue weighted by molar-refractivity contribution is 14.1. The number of hydrogen-bond donors (Lipinski definition) is 2. The average molecular weight is 315 g/mol. The van der Waals surface area contributed by atoms with E-state index in [1.165, 1.54) is 6.92 Å². The third-order valence-corrected chi connectivity index (χ3v) is 1.87. The number of aliphatic carboxylic acids is 1. The summed E-state index contributed by atoms with van der Waals surface area (Å²) in [7, 11) is 0. The lowest BCUT2D eigenvalue weighted by atomic mass is 10.2. The van der Waals surface area contributed by atoms with Crippen molar-refractivity contribution in [1.82, 2.24) is 5.32 Å². The summed E-state index contributed by atoms with van der Waals surface area (Å²) in [4.78, 5) is 21.8. The number of carbonyl (C=O) groups is 2. The van der Waals surface area contributed by atoms with Crippen LogP contribution in [0.4, 0.5) is 4.79 Å². The van der Waals surface area contributed by atoms with Gasteiger partial charge in [0, 0.05) is 0 Å². The van der Waals surface area contributed by atoms with Crippen molar-refractivity contribution in [2.75, 3.05) is 0 Å². The first-order chi connectivity index (χ1) is 6.04. The Hall–Kier alpha value is -0.530. The van der Waals surface area contributed by atoms with E-state index in [9.17, 15) is 9.59 Å². The molecule has 0 aliphatic carbocycles. The van der Waals surface area contributed by atoms with Crippen LogP contribution in [0.3, 0.4) is 0 Å². The van der Waals surface area contributed by atoms with Crippen LogP contribution < -0.4 is 5.32 Å². The zero-order valence-corrected chi connectivity index (χ0v) is 10.7. The third-order valence-electron chi connectivity index (χ3n) is 1.14. The second kappa shape index (κ2) is 4.33. The Morgan fingerprint density at radius 1 is 1.29 bits per heavy atom. The normalized spacial score (nSPS) is 15.5. The zero-order valence-electron chi connectivity index (χ0n) is 8.55. The molecule has 0 bridgehead atoms. The van der Waals surface area contributed by atoms with Gasteiger partial charge < -0.3 is 9.84 Å². The van der Waals surface area contributed by atoms with Crippen LogP contribution in [0.25, 0.3) is 0 Å². The van der Waals surface area contributed by atoms with Gasteiger partial charge in [0.25, 0.3) is 0 Å². The summed E-state index contributed by atoms with van der Waals surface area (Å²) in [6.45, 7) is 6.49. The van der Waals surface area contributed by atoms with Crippen molar-refractivity contribution < 1.29 is 19.4 Å². The van der Waals surface area contributed by atoms with Gasteiger partial charge in [-0.2, -0.15) is 0 Å². The fourth-order valence-electron chi connectivity index (χ4n) is 0.549. The lowest BCUT2D eigenvalue weighted by Gasteiger charge is -2.24. The molecule has 0 rings (SSSR count). The molecule has 82 valence electrons. The molecule has 1 unspecified atom stereocenters. The minimum Gasteiger partial charge on any atom is -0.479 e. The zero-order chi connectivity index (χ0) is 11.6. The number of halogens is 1. The summed E-state index contributed by atoms with van der Waals surface area (Å²) in [6, 6.07) is 0. The molecule has 0 saturated heterocycles. The molecular weight excluding hydrogens is 301 g/mol. The molecule has 0 heterocycles. The Balaban J connectivity index is 4.27. The van der Waals surface area contributed by atoms with Gasteiger partial charge >= 0.3 is 12.1 Å². The van der Waals surface area contributed by atoms with Crippen molar-refractivity contribution >= 4 is 34.7 Å². The van der Waals surface area contributed by atoms with Gasteiger partial charge in [-0.25, -0.2) is 9.59 Å². The van der Waals surface area contributed by atoms with Gasteiger partial charge in [0.15, 0.2) is 3.55 Å². The Kier molecular flexibility index (Phi) is 4.16. The second-order valence-electron chi connectivity index (χ2n) is 3.94. The van der Waals surface area contributed by atoms with Gasteiger partial charge in [-0.05, 0) is 50.3 Å². The average Bonchev–Trinajstić information content (AvgIpc) is 1.79. The summed E-state index contributed by atoms with van der Waals surface area (Å²) >= 11 is 1.62. The number of carboxylic acids is 1. The third kappa shape index (κ3) is 5.25. The van der Waals surface area contributed by atoms with E-state index in [1.54, 1.807) is 43.4 Å². The molecule has 5 nitrogen and oxygen atoms in total. The standard InChI is InChI=1S/C8H14INO4/c1-7(2,3)14-6(13)10-8(4,9)5(11)12/h1-4H3,(H,10,13)(H,11,12). The molecule has 0 aliphatic heterocycles. The van der Waals surface area contributed by atoms with Crippen molar-refractivity contribution in [2.45, 2.75) is 36.8 Å². The van der Waals surface area contributed by atoms with E-state index in [-0.39, 0.29) is 0 Å². The molecule has 2 N–H and O–H groups in total. The van der Waals surface area contributed by atoms with Crippen molar-refractivity contribution in [3.63, 3.8) is 0 Å². The number of nitrogens with one attached hydrogen (secondary N) is 1. The van der Waals surface area contributed by atoms with Crippen LogP contribution in [-0.4, -0.2) is 26.3 Å². The van der Waals surface area contributed by atoms with E-state index in [2.05, 4.69) is 5.32 Å². The monoisotopic (exact) mass is 315 g/mol. The van der Waals surface area contributed by atoms with E-state index in [1.807, 2.05) is 0 Å². The fourth-order valence-corrected chi connectivity index (χ4v) is 0.769. The first-order valence-corrected chi connectivity index (χ1v) is 5.06. The van der Waals surface area contributed by atoms with Crippen LogP contribution in [0, 0.1) is 0 Å². The highest BCUT2D eigenvalue weighted by Crippen LogP contribution is 2.15. The summed E-state index contributed by atoms with van der Waals surface area (Å²) in [5, 5.41) is 10.9. The number of ether oxygens (including phenoxy) is 1.